The Balaban J connectivity index is 1.83. The number of carbonyl (C=O) groups is 4. The molecule has 4 aliphatic carbocycles. The van der Waals surface area contributed by atoms with Crippen molar-refractivity contribution in [2.24, 2.45) is 28.6 Å². The van der Waals surface area contributed by atoms with Gasteiger partial charge in [-0.05, 0) is 38.3 Å². The Morgan fingerprint density at radius 1 is 1.37 bits per heavy atom. The Hall–Kier alpha value is -2.28. The van der Waals surface area contributed by atoms with Crippen molar-refractivity contribution in [2.75, 3.05) is 7.11 Å². The maximum Gasteiger partial charge on any atom is 0.321 e. The summed E-state index contributed by atoms with van der Waals surface area (Å²) in [6, 6.07) is 0. The Bertz CT molecular complexity index is 902. The van der Waals surface area contributed by atoms with Crippen molar-refractivity contribution in [3.05, 3.63) is 24.3 Å². The van der Waals surface area contributed by atoms with Crippen LogP contribution in [0.4, 0.5) is 0 Å². The number of esters is 2. The zero-order chi connectivity index (χ0) is 19.6. The van der Waals surface area contributed by atoms with Crippen LogP contribution >= 0.6 is 0 Å². The third kappa shape index (κ3) is 1.42. The maximum absolute atomic E-state index is 13.4. The number of hydrogen-bond acceptors (Lipinski definition) is 7. The summed E-state index contributed by atoms with van der Waals surface area (Å²) in [5.41, 5.74) is -5.33. The summed E-state index contributed by atoms with van der Waals surface area (Å²) < 4.78 is 10.8. The number of hydrogen-bond donors (Lipinski definition) is 1. The van der Waals surface area contributed by atoms with E-state index in [1.165, 1.54) is 20.1 Å². The highest BCUT2D eigenvalue weighted by Gasteiger charge is 2.86. The van der Waals surface area contributed by atoms with Gasteiger partial charge in [0.1, 0.15) is 11.0 Å². The van der Waals surface area contributed by atoms with Crippen molar-refractivity contribution in [1.29, 1.82) is 0 Å². The molecule has 0 unspecified atom stereocenters. The summed E-state index contributed by atoms with van der Waals surface area (Å²) in [4.78, 5) is 51.8. The topological polar surface area (TPSA) is 107 Å². The third-order valence-corrected chi connectivity index (χ3v) is 8.01. The minimum absolute atomic E-state index is 0.0377. The lowest BCUT2D eigenvalue weighted by Gasteiger charge is -2.43. The molecule has 4 bridgehead atoms. The standard InChI is InChI=1S/C20H20O7/c1-9-14(22)19-8-18(9,25)6-4-10(19)20-7-5-11(21)17(2,16(24)27-20)13(20)12(19)15(23)26-3/h5,7,10,12-13,25H,1,4,6,8H2,2-3H3/t10-,12-,13-,17-,18+,19-,20-/m1/s1. The molecular formula is C20H20O7. The molecule has 142 valence electrons. The molecule has 1 heterocycles. The molecule has 3 saturated carbocycles. The second-order valence-corrected chi connectivity index (χ2v) is 8.77. The average molecular weight is 372 g/mol. The molecule has 0 aromatic rings. The Labute approximate surface area is 155 Å². The highest BCUT2D eigenvalue weighted by molar-refractivity contribution is 6.14. The van der Waals surface area contributed by atoms with Crippen molar-refractivity contribution in [3.63, 3.8) is 0 Å². The largest absolute Gasteiger partial charge is 0.469 e. The van der Waals surface area contributed by atoms with Crippen LogP contribution in [0.1, 0.15) is 26.2 Å². The van der Waals surface area contributed by atoms with Gasteiger partial charge in [0.25, 0.3) is 0 Å². The van der Waals surface area contributed by atoms with Crippen LogP contribution in [0.15, 0.2) is 24.3 Å². The lowest BCUT2D eigenvalue weighted by Crippen LogP contribution is -2.50. The zero-order valence-electron chi connectivity index (χ0n) is 15.1. The van der Waals surface area contributed by atoms with E-state index in [1.54, 1.807) is 6.08 Å². The molecule has 7 nitrogen and oxygen atoms in total. The molecule has 1 saturated heterocycles. The van der Waals surface area contributed by atoms with Gasteiger partial charge >= 0.3 is 11.9 Å². The number of aliphatic hydroxyl groups is 1. The highest BCUT2D eigenvalue weighted by atomic mass is 16.6. The number of ketones is 2. The molecule has 5 aliphatic rings. The molecule has 27 heavy (non-hydrogen) atoms. The fraction of sp³-hybridized carbons (Fsp3) is 0.600. The number of ether oxygens (including phenoxy) is 2. The first-order valence-electron chi connectivity index (χ1n) is 9.11. The van der Waals surface area contributed by atoms with Gasteiger partial charge in [0.05, 0.1) is 24.0 Å². The van der Waals surface area contributed by atoms with E-state index in [-0.39, 0.29) is 17.8 Å². The molecule has 5 rings (SSSR count). The molecule has 0 radical (unpaired) electrons. The van der Waals surface area contributed by atoms with Crippen LogP contribution < -0.4 is 0 Å². The monoisotopic (exact) mass is 372 g/mol. The van der Waals surface area contributed by atoms with Gasteiger partial charge in [-0.15, -0.1) is 0 Å². The van der Waals surface area contributed by atoms with Crippen LogP contribution in [0.2, 0.25) is 0 Å². The first-order valence-corrected chi connectivity index (χ1v) is 9.11. The molecule has 1 spiro atoms. The summed E-state index contributed by atoms with van der Waals surface area (Å²) in [6.45, 7) is 5.29. The van der Waals surface area contributed by atoms with Crippen LogP contribution in [0, 0.1) is 28.6 Å². The van der Waals surface area contributed by atoms with E-state index in [2.05, 4.69) is 6.58 Å². The fourth-order valence-electron chi connectivity index (χ4n) is 6.87. The maximum atomic E-state index is 13.4. The third-order valence-electron chi connectivity index (χ3n) is 8.01. The summed E-state index contributed by atoms with van der Waals surface area (Å²) in [7, 11) is 1.22. The minimum atomic E-state index is -1.55. The van der Waals surface area contributed by atoms with Crippen LogP contribution in [-0.2, 0) is 28.7 Å². The van der Waals surface area contributed by atoms with Crippen molar-refractivity contribution in [2.45, 2.75) is 37.4 Å². The van der Waals surface area contributed by atoms with Gasteiger partial charge in [0, 0.05) is 17.4 Å². The van der Waals surface area contributed by atoms with Crippen molar-refractivity contribution >= 4 is 23.5 Å². The number of allylic oxidation sites excluding steroid dienone is 1. The van der Waals surface area contributed by atoms with Crippen LogP contribution in [0.5, 0.6) is 0 Å². The summed E-state index contributed by atoms with van der Waals surface area (Å²) in [5, 5.41) is 11.0. The summed E-state index contributed by atoms with van der Waals surface area (Å²) in [6.07, 6.45) is 3.61. The molecule has 1 aliphatic heterocycles. The van der Waals surface area contributed by atoms with Gasteiger partial charge < -0.3 is 14.6 Å². The van der Waals surface area contributed by atoms with Crippen molar-refractivity contribution in [3.8, 4) is 0 Å². The molecule has 1 N–H and O–H groups in total. The van der Waals surface area contributed by atoms with Gasteiger partial charge in [-0.2, -0.15) is 0 Å². The Morgan fingerprint density at radius 3 is 2.74 bits per heavy atom. The minimum Gasteiger partial charge on any atom is -0.469 e. The van der Waals surface area contributed by atoms with Gasteiger partial charge in [0.2, 0.25) is 0 Å². The van der Waals surface area contributed by atoms with Crippen LogP contribution in [-0.4, -0.2) is 46.9 Å². The first-order chi connectivity index (χ1) is 12.6. The normalized spacial score (nSPS) is 51.9. The van der Waals surface area contributed by atoms with E-state index in [0.717, 1.165) is 0 Å². The predicted molar refractivity (Wildman–Crippen MR) is 88.9 cm³/mol. The molecule has 0 aromatic heterocycles. The quantitative estimate of drug-likeness (QED) is 0.406. The van der Waals surface area contributed by atoms with Gasteiger partial charge in [-0.1, -0.05) is 6.58 Å². The van der Waals surface area contributed by atoms with Gasteiger partial charge in [-0.3, -0.25) is 19.2 Å². The van der Waals surface area contributed by atoms with E-state index in [9.17, 15) is 24.3 Å². The molecular weight excluding hydrogens is 352 g/mol. The van der Waals surface area contributed by atoms with Crippen molar-refractivity contribution in [1.82, 2.24) is 0 Å². The number of methoxy groups -OCH3 is 1. The van der Waals surface area contributed by atoms with E-state index >= 15 is 0 Å². The SMILES string of the molecule is C=C1C(=O)[C@]23C[C@@]1(O)CC[C@H]2[C@@]12C=CC(=O)[C@@](C)(C(=O)O1)[C@H]2[C@@H]3C(=O)OC. The second kappa shape index (κ2) is 4.41. The predicted octanol–water partition coefficient (Wildman–Crippen LogP) is 0.503. The average Bonchev–Trinajstić information content (AvgIpc) is 3.04. The van der Waals surface area contributed by atoms with Gasteiger partial charge in [0.15, 0.2) is 11.6 Å². The number of fused-ring (bicyclic) bond motifs is 1. The lowest BCUT2D eigenvalue weighted by atomic mass is 9.61. The molecule has 0 amide bonds. The summed E-state index contributed by atoms with van der Waals surface area (Å²) in [5.74, 6) is -4.56. The highest BCUT2D eigenvalue weighted by Crippen LogP contribution is 2.76. The van der Waals surface area contributed by atoms with E-state index < -0.39 is 57.5 Å². The van der Waals surface area contributed by atoms with E-state index in [1.807, 2.05) is 0 Å². The van der Waals surface area contributed by atoms with E-state index in [0.29, 0.717) is 12.8 Å². The molecule has 0 aromatic carbocycles. The Morgan fingerprint density at radius 2 is 2.07 bits per heavy atom. The fourth-order valence-corrected chi connectivity index (χ4v) is 6.87. The smallest absolute Gasteiger partial charge is 0.321 e. The van der Waals surface area contributed by atoms with Crippen molar-refractivity contribution < 1.29 is 33.8 Å². The first kappa shape index (κ1) is 16.9. The number of Topliss-reactive ketones (excluding diaryl/α,β-unsaturated/α-hetero) is 1. The molecule has 4 fully saturated rings. The number of rotatable bonds is 1. The summed E-state index contributed by atoms with van der Waals surface area (Å²) >= 11 is 0. The molecule has 7 atom stereocenters. The van der Waals surface area contributed by atoms with Crippen LogP contribution in [0.25, 0.3) is 0 Å². The second-order valence-electron chi connectivity index (χ2n) is 8.77. The van der Waals surface area contributed by atoms with E-state index in [4.69, 9.17) is 9.47 Å². The Kier molecular flexibility index (Phi) is 2.75. The zero-order valence-corrected chi connectivity index (χ0v) is 15.1. The lowest BCUT2D eigenvalue weighted by molar-refractivity contribution is -0.165. The molecule has 7 heteroatoms. The number of carbonyl (C=O) groups excluding carboxylic acids is 4. The van der Waals surface area contributed by atoms with Crippen LogP contribution in [0.3, 0.4) is 0 Å². The van der Waals surface area contributed by atoms with Gasteiger partial charge in [-0.25, -0.2) is 0 Å².